The Balaban J connectivity index is 1.68. The van der Waals surface area contributed by atoms with Crippen LogP contribution in [0.4, 0.5) is 0 Å². The minimum Gasteiger partial charge on any atom is -0.492 e. The largest absolute Gasteiger partial charge is 0.492 e. The minimum absolute atomic E-state index is 0.0956. The number of benzene rings is 2. The second-order valence-corrected chi connectivity index (χ2v) is 10.8. The molecular weight excluding hydrogens is 444 g/mol. The van der Waals surface area contributed by atoms with Crippen LogP contribution in [0.25, 0.3) is 0 Å². The van der Waals surface area contributed by atoms with Gasteiger partial charge >= 0.3 is 0 Å². The molecule has 2 aromatic carbocycles. The normalized spacial score (nSPS) is 14.6. The van der Waals surface area contributed by atoms with Crippen LogP contribution in [-0.4, -0.2) is 51.7 Å². The average Bonchev–Trinajstić information content (AvgIpc) is 2.81. The van der Waals surface area contributed by atoms with Crippen molar-refractivity contribution in [1.82, 2.24) is 9.62 Å². The molecule has 0 aromatic heterocycles. The Morgan fingerprint density at radius 1 is 1.12 bits per heavy atom. The monoisotopic (exact) mass is 476 g/mol. The number of hydrogen-bond donors (Lipinski definition) is 1. The molecule has 32 heavy (non-hydrogen) atoms. The van der Waals surface area contributed by atoms with Gasteiger partial charge in [0.15, 0.2) is 0 Å². The van der Waals surface area contributed by atoms with Crippen molar-refractivity contribution in [2.75, 3.05) is 32.5 Å². The van der Waals surface area contributed by atoms with Gasteiger partial charge in [0.1, 0.15) is 12.4 Å². The second kappa shape index (κ2) is 11.2. The summed E-state index contributed by atoms with van der Waals surface area (Å²) in [5.41, 5.74) is 1.54. The third kappa shape index (κ3) is 6.05. The van der Waals surface area contributed by atoms with Gasteiger partial charge in [-0.25, -0.2) is 13.1 Å². The van der Waals surface area contributed by atoms with Gasteiger partial charge in [-0.3, -0.25) is 4.79 Å². The molecule has 1 saturated heterocycles. The Morgan fingerprint density at radius 2 is 1.84 bits per heavy atom. The summed E-state index contributed by atoms with van der Waals surface area (Å²) in [6, 6.07) is 12.5. The lowest BCUT2D eigenvalue weighted by Crippen LogP contribution is -2.36. The smallest absolute Gasteiger partial charge is 0.255 e. The third-order valence-corrected chi connectivity index (χ3v) is 7.80. The molecule has 6 nitrogen and oxygen atoms in total. The van der Waals surface area contributed by atoms with Crippen molar-refractivity contribution in [3.8, 4) is 5.75 Å². The molecule has 3 rings (SSSR count). The van der Waals surface area contributed by atoms with Gasteiger partial charge in [0, 0.05) is 24.5 Å². The number of amides is 1. The Kier molecular flexibility index (Phi) is 8.62. The lowest BCUT2D eigenvalue weighted by atomic mass is 10.0. The van der Waals surface area contributed by atoms with E-state index in [9.17, 15) is 13.2 Å². The molecule has 1 aliphatic heterocycles. The molecule has 1 aliphatic rings. The van der Waals surface area contributed by atoms with E-state index in [0.717, 1.165) is 48.6 Å². The van der Waals surface area contributed by atoms with Crippen molar-refractivity contribution in [2.24, 2.45) is 0 Å². The van der Waals surface area contributed by atoms with Crippen LogP contribution in [0.3, 0.4) is 0 Å². The van der Waals surface area contributed by atoms with E-state index in [2.05, 4.69) is 18.6 Å². The molecule has 1 N–H and O–H groups in total. The van der Waals surface area contributed by atoms with Crippen LogP contribution >= 0.6 is 11.8 Å². The standard InChI is InChI=1S/C24H32N2O4S2/c1-18(2)20-9-5-6-10-22(20)30-16-13-25-32(28,29)19-11-12-23(31-3)21(17-19)24(27)26-14-7-4-8-15-26/h5-6,9-12,17-18,25H,4,7-8,13-16H2,1-3H3. The summed E-state index contributed by atoms with van der Waals surface area (Å²) in [7, 11) is -3.76. The van der Waals surface area contributed by atoms with E-state index in [-0.39, 0.29) is 24.0 Å². The molecule has 8 heteroatoms. The number of hydrogen-bond acceptors (Lipinski definition) is 5. The van der Waals surface area contributed by atoms with E-state index in [0.29, 0.717) is 11.5 Å². The van der Waals surface area contributed by atoms with Crippen LogP contribution in [0.5, 0.6) is 5.75 Å². The summed E-state index contributed by atoms with van der Waals surface area (Å²) in [4.78, 5) is 15.7. The maximum absolute atomic E-state index is 13.0. The van der Waals surface area contributed by atoms with Crippen molar-refractivity contribution in [1.29, 1.82) is 0 Å². The van der Waals surface area contributed by atoms with E-state index >= 15 is 0 Å². The average molecular weight is 477 g/mol. The maximum atomic E-state index is 13.0. The Hall–Kier alpha value is -2.03. The van der Waals surface area contributed by atoms with E-state index in [4.69, 9.17) is 4.74 Å². The number of piperidine rings is 1. The topological polar surface area (TPSA) is 75.7 Å². The van der Waals surface area contributed by atoms with Crippen molar-refractivity contribution >= 4 is 27.7 Å². The molecule has 0 spiro atoms. The number of sulfonamides is 1. The maximum Gasteiger partial charge on any atom is 0.255 e. The van der Waals surface area contributed by atoms with Crippen LogP contribution in [-0.2, 0) is 10.0 Å². The van der Waals surface area contributed by atoms with Crippen molar-refractivity contribution in [3.63, 3.8) is 0 Å². The molecule has 0 bridgehead atoms. The van der Waals surface area contributed by atoms with Crippen molar-refractivity contribution in [3.05, 3.63) is 53.6 Å². The second-order valence-electron chi connectivity index (χ2n) is 8.15. The first-order chi connectivity index (χ1) is 15.3. The van der Waals surface area contributed by atoms with E-state index in [1.807, 2.05) is 35.4 Å². The molecule has 1 amide bonds. The summed E-state index contributed by atoms with van der Waals surface area (Å²) in [6.45, 7) is 5.96. The molecule has 0 aliphatic carbocycles. The zero-order chi connectivity index (χ0) is 23.1. The highest BCUT2D eigenvalue weighted by atomic mass is 32.2. The fourth-order valence-corrected chi connectivity index (χ4v) is 5.41. The van der Waals surface area contributed by atoms with E-state index in [1.54, 1.807) is 12.1 Å². The summed E-state index contributed by atoms with van der Waals surface area (Å²) >= 11 is 1.45. The number of carbonyl (C=O) groups excluding carboxylic acids is 1. The summed E-state index contributed by atoms with van der Waals surface area (Å²) in [6.07, 6.45) is 4.99. The van der Waals surface area contributed by atoms with E-state index < -0.39 is 10.0 Å². The number of rotatable bonds is 9. The molecule has 0 unspecified atom stereocenters. The Bertz CT molecular complexity index is 1030. The third-order valence-electron chi connectivity index (χ3n) is 5.55. The van der Waals surface area contributed by atoms with Gasteiger partial charge in [-0.15, -0.1) is 11.8 Å². The summed E-state index contributed by atoms with van der Waals surface area (Å²) in [5.74, 6) is 0.980. The molecule has 1 fully saturated rings. The number of ether oxygens (including phenoxy) is 1. The molecule has 0 atom stereocenters. The number of carbonyl (C=O) groups is 1. The fraction of sp³-hybridized carbons (Fsp3) is 0.458. The molecule has 2 aromatic rings. The minimum atomic E-state index is -3.76. The highest BCUT2D eigenvalue weighted by Gasteiger charge is 2.23. The number of para-hydroxylation sites is 1. The highest BCUT2D eigenvalue weighted by molar-refractivity contribution is 7.98. The van der Waals surface area contributed by atoms with Gasteiger partial charge in [-0.05, 0) is 61.3 Å². The van der Waals surface area contributed by atoms with Crippen LogP contribution < -0.4 is 9.46 Å². The number of thioether (sulfide) groups is 1. The van der Waals surface area contributed by atoms with Gasteiger partial charge in [-0.2, -0.15) is 0 Å². The summed E-state index contributed by atoms with van der Waals surface area (Å²) in [5, 5.41) is 0. The van der Waals surface area contributed by atoms with Crippen LogP contribution in [0, 0.1) is 0 Å². The van der Waals surface area contributed by atoms with Gasteiger partial charge in [0.2, 0.25) is 10.0 Å². The molecule has 0 saturated carbocycles. The number of likely N-dealkylation sites (tertiary alicyclic amines) is 1. The first-order valence-electron chi connectivity index (χ1n) is 11.0. The van der Waals surface area contributed by atoms with Gasteiger partial charge in [0.25, 0.3) is 5.91 Å². The highest BCUT2D eigenvalue weighted by Crippen LogP contribution is 2.27. The first kappa shape index (κ1) is 24.6. The lowest BCUT2D eigenvalue weighted by molar-refractivity contribution is 0.0720. The van der Waals surface area contributed by atoms with Gasteiger partial charge in [0.05, 0.1) is 10.5 Å². The van der Waals surface area contributed by atoms with Gasteiger partial charge < -0.3 is 9.64 Å². The zero-order valence-corrected chi connectivity index (χ0v) is 20.6. The molecule has 1 heterocycles. The zero-order valence-electron chi connectivity index (χ0n) is 19.0. The van der Waals surface area contributed by atoms with Crippen molar-refractivity contribution in [2.45, 2.75) is 48.8 Å². The number of nitrogens with one attached hydrogen (secondary N) is 1. The fourth-order valence-electron chi connectivity index (χ4n) is 3.80. The van der Waals surface area contributed by atoms with Crippen LogP contribution in [0.15, 0.2) is 52.3 Å². The predicted octanol–water partition coefficient (Wildman–Crippen LogP) is 4.52. The van der Waals surface area contributed by atoms with E-state index in [1.165, 1.54) is 17.8 Å². The SMILES string of the molecule is CSc1ccc(S(=O)(=O)NCCOc2ccccc2C(C)C)cc1C(=O)N1CCCCC1. The summed E-state index contributed by atoms with van der Waals surface area (Å²) < 4.78 is 34.2. The Labute approximate surface area is 195 Å². The lowest BCUT2D eigenvalue weighted by Gasteiger charge is -2.27. The molecule has 174 valence electrons. The number of nitrogens with zero attached hydrogens (tertiary/aromatic N) is 1. The van der Waals surface area contributed by atoms with Crippen molar-refractivity contribution < 1.29 is 17.9 Å². The molecular formula is C24H32N2O4S2. The first-order valence-corrected chi connectivity index (χ1v) is 13.7. The molecule has 0 radical (unpaired) electrons. The Morgan fingerprint density at radius 3 is 2.53 bits per heavy atom. The predicted molar refractivity (Wildman–Crippen MR) is 129 cm³/mol. The van der Waals surface area contributed by atoms with Crippen LogP contribution in [0.2, 0.25) is 0 Å². The van der Waals surface area contributed by atoms with Crippen LogP contribution in [0.1, 0.15) is 54.9 Å². The van der Waals surface area contributed by atoms with Gasteiger partial charge in [-0.1, -0.05) is 32.0 Å². The quantitative estimate of drug-likeness (QED) is 0.426.